The van der Waals surface area contributed by atoms with E-state index in [-0.39, 0.29) is 44.6 Å². The predicted octanol–water partition coefficient (Wildman–Crippen LogP) is 2.41. The van der Waals surface area contributed by atoms with Gasteiger partial charge in [-0.1, -0.05) is 24.3 Å². The summed E-state index contributed by atoms with van der Waals surface area (Å²) < 4.78 is 5.17. The highest BCUT2D eigenvalue weighted by Gasteiger charge is 2.33. The topological polar surface area (TPSA) is 173 Å². The van der Waals surface area contributed by atoms with Gasteiger partial charge in [-0.05, 0) is 24.3 Å². The molecule has 0 aliphatic heterocycles. The molecule has 1 aliphatic rings. The third kappa shape index (κ3) is 3.59. The van der Waals surface area contributed by atoms with Gasteiger partial charge in [-0.3, -0.25) is 24.5 Å². The van der Waals surface area contributed by atoms with Crippen LogP contribution in [0, 0.1) is 10.1 Å². The molecule has 0 aromatic heterocycles. The minimum absolute atomic E-state index is 0.0232. The van der Waals surface area contributed by atoms with Gasteiger partial charge in [0.25, 0.3) is 5.69 Å². The minimum Gasteiger partial charge on any atom is -0.457 e. The van der Waals surface area contributed by atoms with Gasteiger partial charge >= 0.3 is 5.97 Å². The van der Waals surface area contributed by atoms with Crippen molar-refractivity contribution < 1.29 is 28.8 Å². The summed E-state index contributed by atoms with van der Waals surface area (Å²) in [4.78, 5) is 60.2. The maximum Gasteiger partial charge on any atom is 0.340 e. The Balaban J connectivity index is 1.64. The quantitative estimate of drug-likeness (QED) is 0.204. The van der Waals surface area contributed by atoms with Crippen LogP contribution in [0.3, 0.4) is 0 Å². The van der Waals surface area contributed by atoms with Crippen molar-refractivity contribution in [3.63, 3.8) is 0 Å². The number of nitro groups is 1. The van der Waals surface area contributed by atoms with Crippen molar-refractivity contribution in [1.82, 2.24) is 0 Å². The summed E-state index contributed by atoms with van der Waals surface area (Å²) in [5.74, 6) is -2.67. The van der Waals surface area contributed by atoms with E-state index < -0.39 is 40.7 Å². The first-order valence-electron chi connectivity index (χ1n) is 9.56. The summed E-state index contributed by atoms with van der Waals surface area (Å²) in [5, 5.41) is 11.3. The van der Waals surface area contributed by atoms with Crippen LogP contribution in [0.5, 0.6) is 0 Å². The summed E-state index contributed by atoms with van der Waals surface area (Å²) >= 11 is 0. The Labute approximate surface area is 185 Å². The van der Waals surface area contributed by atoms with E-state index in [0.29, 0.717) is 0 Å². The van der Waals surface area contributed by atoms with Crippen molar-refractivity contribution in [1.29, 1.82) is 0 Å². The Hall–Kier alpha value is -4.86. The van der Waals surface area contributed by atoms with Crippen LogP contribution in [-0.4, -0.2) is 28.4 Å². The lowest BCUT2D eigenvalue weighted by molar-refractivity contribution is -0.385. The zero-order valence-electron chi connectivity index (χ0n) is 16.9. The Bertz CT molecular complexity index is 1390. The van der Waals surface area contributed by atoms with E-state index in [1.54, 1.807) is 12.1 Å². The molecule has 0 atom stereocenters. The molecule has 0 fully saturated rings. The van der Waals surface area contributed by atoms with Gasteiger partial charge in [0, 0.05) is 28.3 Å². The highest BCUT2D eigenvalue weighted by atomic mass is 16.6. The van der Waals surface area contributed by atoms with Crippen molar-refractivity contribution in [2.75, 3.05) is 5.73 Å². The van der Waals surface area contributed by atoms with Crippen LogP contribution >= 0.6 is 0 Å². The molecule has 33 heavy (non-hydrogen) atoms. The molecule has 3 aromatic rings. The zero-order chi connectivity index (χ0) is 23.9. The van der Waals surface area contributed by atoms with E-state index in [9.17, 15) is 29.3 Å². The Morgan fingerprint density at radius 3 is 2.24 bits per heavy atom. The number of ketones is 2. The van der Waals surface area contributed by atoms with Gasteiger partial charge in [0.05, 0.1) is 27.3 Å². The molecule has 0 bridgehead atoms. The minimum atomic E-state index is -0.942. The number of nitrogens with zero attached hydrogens (tertiary/aromatic N) is 1. The van der Waals surface area contributed by atoms with E-state index in [4.69, 9.17) is 16.2 Å². The summed E-state index contributed by atoms with van der Waals surface area (Å²) in [5.41, 5.74) is 10.8. The average Bonchev–Trinajstić information content (AvgIpc) is 2.80. The highest BCUT2D eigenvalue weighted by molar-refractivity contribution is 6.30. The van der Waals surface area contributed by atoms with Crippen LogP contribution < -0.4 is 11.5 Å². The molecule has 10 heteroatoms. The third-order valence-corrected chi connectivity index (χ3v) is 5.28. The Kier molecular flexibility index (Phi) is 5.18. The average molecular weight is 445 g/mol. The SMILES string of the molecule is NC(=O)c1ccc(COC(=O)c2ccc3c(c2N)C(=O)c2ccccc2C3=O)c([N+](=O)[O-])c1. The van der Waals surface area contributed by atoms with Crippen LogP contribution in [0.1, 0.15) is 58.1 Å². The number of anilines is 1. The van der Waals surface area contributed by atoms with Crippen LogP contribution in [0.25, 0.3) is 0 Å². The van der Waals surface area contributed by atoms with Gasteiger partial charge in [-0.25, -0.2) is 4.79 Å². The maximum atomic E-state index is 12.9. The van der Waals surface area contributed by atoms with Crippen molar-refractivity contribution in [2.45, 2.75) is 6.61 Å². The number of hydrogen-bond acceptors (Lipinski definition) is 8. The number of nitrogens with two attached hydrogens (primary N) is 2. The number of amides is 1. The molecular weight excluding hydrogens is 430 g/mol. The second kappa shape index (κ2) is 8.00. The van der Waals surface area contributed by atoms with Crippen molar-refractivity contribution in [2.24, 2.45) is 5.73 Å². The number of rotatable bonds is 5. The van der Waals surface area contributed by atoms with E-state index >= 15 is 0 Å². The van der Waals surface area contributed by atoms with E-state index in [2.05, 4.69) is 0 Å². The third-order valence-electron chi connectivity index (χ3n) is 5.28. The lowest BCUT2D eigenvalue weighted by Crippen LogP contribution is -2.24. The fourth-order valence-electron chi connectivity index (χ4n) is 3.62. The number of carbonyl (C=O) groups is 4. The lowest BCUT2D eigenvalue weighted by atomic mass is 9.82. The van der Waals surface area contributed by atoms with Crippen molar-refractivity contribution in [3.05, 3.63) is 104 Å². The summed E-state index contributed by atoms with van der Waals surface area (Å²) in [6.45, 7) is -0.500. The molecule has 4 rings (SSSR count). The Morgan fingerprint density at radius 2 is 1.61 bits per heavy atom. The van der Waals surface area contributed by atoms with Gasteiger partial charge in [-0.15, -0.1) is 0 Å². The fraction of sp³-hybridized carbons (Fsp3) is 0.0435. The predicted molar refractivity (Wildman–Crippen MR) is 115 cm³/mol. The van der Waals surface area contributed by atoms with Crippen LogP contribution in [-0.2, 0) is 11.3 Å². The number of nitro benzene ring substituents is 1. The summed E-state index contributed by atoms with van der Waals surface area (Å²) in [6.07, 6.45) is 0. The van der Waals surface area contributed by atoms with Gasteiger partial charge in [-0.2, -0.15) is 0 Å². The first-order valence-corrected chi connectivity index (χ1v) is 9.56. The molecule has 1 aliphatic carbocycles. The zero-order valence-corrected chi connectivity index (χ0v) is 16.9. The smallest absolute Gasteiger partial charge is 0.340 e. The molecule has 0 radical (unpaired) electrons. The van der Waals surface area contributed by atoms with Gasteiger partial charge in [0.1, 0.15) is 6.61 Å². The van der Waals surface area contributed by atoms with Crippen LogP contribution in [0.2, 0.25) is 0 Å². The van der Waals surface area contributed by atoms with E-state index in [0.717, 1.165) is 6.07 Å². The number of nitrogen functional groups attached to an aromatic ring is 1. The van der Waals surface area contributed by atoms with Gasteiger partial charge < -0.3 is 16.2 Å². The van der Waals surface area contributed by atoms with E-state index in [1.165, 1.54) is 36.4 Å². The maximum absolute atomic E-state index is 12.9. The molecule has 1 amide bonds. The number of carbonyl (C=O) groups excluding carboxylic acids is 4. The largest absolute Gasteiger partial charge is 0.457 e. The Morgan fingerprint density at radius 1 is 0.939 bits per heavy atom. The molecule has 0 heterocycles. The monoisotopic (exact) mass is 445 g/mol. The number of primary amides is 1. The number of hydrogen-bond donors (Lipinski definition) is 2. The lowest BCUT2D eigenvalue weighted by Gasteiger charge is -2.20. The second-order valence-corrected chi connectivity index (χ2v) is 7.19. The molecule has 3 aromatic carbocycles. The van der Waals surface area contributed by atoms with E-state index in [1.807, 2.05) is 0 Å². The second-order valence-electron chi connectivity index (χ2n) is 7.19. The first-order chi connectivity index (χ1) is 15.7. The number of esters is 1. The molecule has 0 saturated heterocycles. The number of fused-ring (bicyclic) bond motifs is 2. The van der Waals surface area contributed by atoms with Crippen LogP contribution in [0.4, 0.5) is 11.4 Å². The number of ether oxygens (including phenoxy) is 1. The van der Waals surface area contributed by atoms with Gasteiger partial charge in [0.15, 0.2) is 11.6 Å². The molecule has 0 saturated carbocycles. The molecule has 164 valence electrons. The molecule has 0 spiro atoms. The van der Waals surface area contributed by atoms with Crippen LogP contribution in [0.15, 0.2) is 54.6 Å². The molecular formula is C23H15N3O7. The first kappa shape index (κ1) is 21.4. The normalized spacial score (nSPS) is 12.0. The molecule has 10 nitrogen and oxygen atoms in total. The fourth-order valence-corrected chi connectivity index (χ4v) is 3.62. The van der Waals surface area contributed by atoms with Crippen molar-refractivity contribution >= 4 is 34.8 Å². The molecule has 4 N–H and O–H groups in total. The van der Waals surface area contributed by atoms with Crippen molar-refractivity contribution in [3.8, 4) is 0 Å². The summed E-state index contributed by atoms with van der Waals surface area (Å²) in [7, 11) is 0. The van der Waals surface area contributed by atoms with Gasteiger partial charge in [0.2, 0.25) is 5.91 Å². The standard InChI is InChI=1S/C23H15N3O7/c24-19-16(8-7-15-18(19)21(28)14-4-2-1-3-13(14)20(15)27)23(30)33-10-12-6-5-11(22(25)29)9-17(12)26(31)32/h1-9H,10,24H2,(H2,25,29). The number of benzene rings is 3. The summed E-state index contributed by atoms with van der Waals surface area (Å²) in [6, 6.07) is 12.4. The highest BCUT2D eigenvalue weighted by Crippen LogP contribution is 2.33. The molecule has 0 unspecified atom stereocenters.